The van der Waals surface area contributed by atoms with Gasteiger partial charge in [-0.2, -0.15) is 0 Å². The Balaban J connectivity index is 2.25. The molecule has 1 aliphatic rings. The molecule has 2 nitrogen and oxygen atoms in total. The van der Waals surface area contributed by atoms with Crippen LogP contribution >= 0.6 is 0 Å². The second-order valence-electron chi connectivity index (χ2n) is 4.25. The van der Waals surface area contributed by atoms with Crippen LogP contribution in [0.3, 0.4) is 0 Å². The molecule has 0 saturated heterocycles. The van der Waals surface area contributed by atoms with Crippen LogP contribution in [0.25, 0.3) is 0 Å². The van der Waals surface area contributed by atoms with E-state index < -0.39 is 5.97 Å². The van der Waals surface area contributed by atoms with Crippen molar-refractivity contribution in [1.29, 1.82) is 0 Å². The minimum Gasteiger partial charge on any atom is -0.481 e. The predicted octanol–water partition coefficient (Wildman–Crippen LogP) is 2.75. The first-order valence-corrected chi connectivity index (χ1v) is 5.54. The molecule has 2 rings (SSSR count). The summed E-state index contributed by atoms with van der Waals surface area (Å²) in [6, 6.07) is 6.15. The number of hydrogen-bond acceptors (Lipinski definition) is 1. The standard InChI is InChI=1S/C13H16O2/c1-2-10-4-5-11-7-9(8-13(14)15)3-6-12(10)11/h3,6-7,10H,2,4-5,8H2,1H3,(H,14,15). The number of aliphatic carboxylic acids is 1. The minimum absolute atomic E-state index is 0.143. The number of carboxylic acids is 1. The van der Waals surface area contributed by atoms with Crippen LogP contribution < -0.4 is 0 Å². The molecule has 1 N–H and O–H groups in total. The number of carboxylic acid groups (broad SMARTS) is 1. The van der Waals surface area contributed by atoms with Crippen molar-refractivity contribution in [1.82, 2.24) is 0 Å². The molecule has 1 aromatic rings. The average molecular weight is 204 g/mol. The van der Waals surface area contributed by atoms with E-state index in [0.717, 1.165) is 12.0 Å². The molecule has 0 aliphatic heterocycles. The fourth-order valence-electron chi connectivity index (χ4n) is 2.47. The molecule has 0 amide bonds. The van der Waals surface area contributed by atoms with Crippen LogP contribution in [0.2, 0.25) is 0 Å². The second-order valence-corrected chi connectivity index (χ2v) is 4.25. The van der Waals surface area contributed by atoms with Crippen LogP contribution in [0.5, 0.6) is 0 Å². The zero-order valence-electron chi connectivity index (χ0n) is 8.99. The maximum atomic E-state index is 10.6. The van der Waals surface area contributed by atoms with Gasteiger partial charge in [-0.05, 0) is 41.9 Å². The monoisotopic (exact) mass is 204 g/mol. The second kappa shape index (κ2) is 4.05. The molecule has 1 aromatic carbocycles. The van der Waals surface area contributed by atoms with E-state index in [9.17, 15) is 4.79 Å². The minimum atomic E-state index is -0.750. The van der Waals surface area contributed by atoms with E-state index in [1.165, 1.54) is 24.0 Å². The van der Waals surface area contributed by atoms with Crippen LogP contribution in [0.15, 0.2) is 18.2 Å². The topological polar surface area (TPSA) is 37.3 Å². The first-order chi connectivity index (χ1) is 7.20. The molecule has 0 bridgehead atoms. The number of carbonyl (C=O) groups is 1. The van der Waals surface area contributed by atoms with Crippen molar-refractivity contribution in [2.45, 2.75) is 38.5 Å². The summed E-state index contributed by atoms with van der Waals surface area (Å²) >= 11 is 0. The molecule has 2 heteroatoms. The van der Waals surface area contributed by atoms with Crippen LogP contribution in [0, 0.1) is 0 Å². The van der Waals surface area contributed by atoms with Crippen molar-refractivity contribution in [3.63, 3.8) is 0 Å². The summed E-state index contributed by atoms with van der Waals surface area (Å²) in [6.45, 7) is 2.21. The lowest BCUT2D eigenvalue weighted by atomic mass is 9.97. The van der Waals surface area contributed by atoms with Gasteiger partial charge in [-0.25, -0.2) is 0 Å². The van der Waals surface area contributed by atoms with E-state index in [0.29, 0.717) is 5.92 Å². The normalized spacial score (nSPS) is 18.9. The lowest BCUT2D eigenvalue weighted by molar-refractivity contribution is -0.136. The molecule has 1 aliphatic carbocycles. The van der Waals surface area contributed by atoms with E-state index in [4.69, 9.17) is 5.11 Å². The Kier molecular flexibility index (Phi) is 2.76. The summed E-state index contributed by atoms with van der Waals surface area (Å²) in [5.41, 5.74) is 3.73. The maximum Gasteiger partial charge on any atom is 0.307 e. The number of fused-ring (bicyclic) bond motifs is 1. The molecule has 1 unspecified atom stereocenters. The number of aryl methyl sites for hydroxylation is 1. The van der Waals surface area contributed by atoms with E-state index in [2.05, 4.69) is 19.1 Å². The Morgan fingerprint density at radius 2 is 2.33 bits per heavy atom. The molecular formula is C13H16O2. The van der Waals surface area contributed by atoms with Gasteiger partial charge in [0.15, 0.2) is 0 Å². The lowest BCUT2D eigenvalue weighted by Gasteiger charge is -2.08. The molecule has 15 heavy (non-hydrogen) atoms. The van der Waals surface area contributed by atoms with Crippen LogP contribution in [-0.2, 0) is 17.6 Å². The fourth-order valence-corrected chi connectivity index (χ4v) is 2.47. The van der Waals surface area contributed by atoms with Crippen molar-refractivity contribution >= 4 is 5.97 Å². The molecule has 0 fully saturated rings. The molecule has 0 heterocycles. The van der Waals surface area contributed by atoms with E-state index in [1.54, 1.807) is 0 Å². The van der Waals surface area contributed by atoms with E-state index in [-0.39, 0.29) is 6.42 Å². The summed E-state index contributed by atoms with van der Waals surface area (Å²) in [6.07, 6.45) is 3.67. The first-order valence-electron chi connectivity index (χ1n) is 5.54. The van der Waals surface area contributed by atoms with Gasteiger partial charge in [0.1, 0.15) is 0 Å². The zero-order valence-corrected chi connectivity index (χ0v) is 8.99. The predicted molar refractivity (Wildman–Crippen MR) is 59.1 cm³/mol. The van der Waals surface area contributed by atoms with Gasteiger partial charge in [-0.15, -0.1) is 0 Å². The van der Waals surface area contributed by atoms with Crippen molar-refractivity contribution in [2.75, 3.05) is 0 Å². The van der Waals surface area contributed by atoms with Crippen LogP contribution in [-0.4, -0.2) is 11.1 Å². The van der Waals surface area contributed by atoms with E-state index >= 15 is 0 Å². The van der Waals surface area contributed by atoms with Crippen molar-refractivity contribution in [2.24, 2.45) is 0 Å². The fraction of sp³-hybridized carbons (Fsp3) is 0.462. The first kappa shape index (κ1) is 10.2. The Morgan fingerprint density at radius 3 is 3.00 bits per heavy atom. The van der Waals surface area contributed by atoms with Crippen molar-refractivity contribution in [3.05, 3.63) is 34.9 Å². The zero-order chi connectivity index (χ0) is 10.8. The van der Waals surface area contributed by atoms with Crippen molar-refractivity contribution < 1.29 is 9.90 Å². The maximum absolute atomic E-state index is 10.6. The number of benzene rings is 1. The van der Waals surface area contributed by atoms with Gasteiger partial charge in [0.2, 0.25) is 0 Å². The van der Waals surface area contributed by atoms with Gasteiger partial charge in [-0.3, -0.25) is 4.79 Å². The molecule has 1 atom stereocenters. The summed E-state index contributed by atoms with van der Waals surface area (Å²) < 4.78 is 0. The van der Waals surface area contributed by atoms with Gasteiger partial charge >= 0.3 is 5.97 Å². The summed E-state index contributed by atoms with van der Waals surface area (Å²) in [5.74, 6) is -0.0566. The molecule has 0 radical (unpaired) electrons. The summed E-state index contributed by atoms with van der Waals surface area (Å²) in [7, 11) is 0. The Morgan fingerprint density at radius 1 is 1.53 bits per heavy atom. The highest BCUT2D eigenvalue weighted by atomic mass is 16.4. The quantitative estimate of drug-likeness (QED) is 0.822. The largest absolute Gasteiger partial charge is 0.481 e. The van der Waals surface area contributed by atoms with Crippen LogP contribution in [0.4, 0.5) is 0 Å². The highest BCUT2D eigenvalue weighted by Crippen LogP contribution is 2.35. The third-order valence-corrected chi connectivity index (χ3v) is 3.26. The highest BCUT2D eigenvalue weighted by molar-refractivity contribution is 5.70. The van der Waals surface area contributed by atoms with Gasteiger partial charge < -0.3 is 5.11 Å². The van der Waals surface area contributed by atoms with Gasteiger partial charge in [0.25, 0.3) is 0 Å². The van der Waals surface area contributed by atoms with Gasteiger partial charge in [-0.1, -0.05) is 25.1 Å². The van der Waals surface area contributed by atoms with Gasteiger partial charge in [0.05, 0.1) is 6.42 Å². The molecule has 80 valence electrons. The highest BCUT2D eigenvalue weighted by Gasteiger charge is 2.20. The van der Waals surface area contributed by atoms with Gasteiger partial charge in [0, 0.05) is 0 Å². The molecule has 0 aromatic heterocycles. The summed E-state index contributed by atoms with van der Waals surface area (Å²) in [5, 5.41) is 8.71. The Labute approximate surface area is 89.9 Å². The SMILES string of the molecule is CCC1CCc2cc(CC(=O)O)ccc21. The summed E-state index contributed by atoms with van der Waals surface area (Å²) in [4.78, 5) is 10.6. The Hall–Kier alpha value is -1.31. The number of rotatable bonds is 3. The number of hydrogen-bond donors (Lipinski definition) is 1. The molecule has 0 spiro atoms. The molecular weight excluding hydrogens is 188 g/mol. The molecule has 0 saturated carbocycles. The smallest absolute Gasteiger partial charge is 0.307 e. The van der Waals surface area contributed by atoms with Crippen LogP contribution in [0.1, 0.15) is 42.4 Å². The average Bonchev–Trinajstić information content (AvgIpc) is 2.58. The van der Waals surface area contributed by atoms with Crippen molar-refractivity contribution in [3.8, 4) is 0 Å². The Bertz CT molecular complexity index is 382. The van der Waals surface area contributed by atoms with E-state index in [1.807, 2.05) is 6.07 Å². The third kappa shape index (κ3) is 2.04. The third-order valence-electron chi connectivity index (χ3n) is 3.26. The lowest BCUT2D eigenvalue weighted by Crippen LogP contribution is -2.01.